The average Bonchev–Trinajstić information content (AvgIpc) is 2.46. The minimum atomic E-state index is -0.369. The predicted octanol–water partition coefficient (Wildman–Crippen LogP) is 0.476. The van der Waals surface area contributed by atoms with Crippen LogP contribution in [0.1, 0.15) is 11.1 Å². The molecule has 12 heavy (non-hydrogen) atoms. The molecule has 0 spiro atoms. The molecule has 0 aromatic carbocycles. The van der Waals surface area contributed by atoms with Crippen molar-refractivity contribution in [3.05, 3.63) is 29.6 Å². The van der Waals surface area contributed by atoms with Crippen LogP contribution in [-0.4, -0.2) is 15.9 Å². The number of hydrogen-bond donors (Lipinski definition) is 1. The van der Waals surface area contributed by atoms with Gasteiger partial charge >= 0.3 is 6.03 Å². The van der Waals surface area contributed by atoms with Crippen molar-refractivity contribution in [1.82, 2.24) is 9.88 Å². The van der Waals surface area contributed by atoms with Gasteiger partial charge in [0.2, 0.25) is 0 Å². The van der Waals surface area contributed by atoms with E-state index in [1.54, 1.807) is 17.3 Å². The van der Waals surface area contributed by atoms with Crippen LogP contribution >= 0.6 is 0 Å². The van der Waals surface area contributed by atoms with Gasteiger partial charge in [-0.3, -0.25) is 4.98 Å². The fourth-order valence-corrected chi connectivity index (χ4v) is 1.38. The lowest BCUT2D eigenvalue weighted by Gasteiger charge is -2.10. The molecule has 62 valence electrons. The largest absolute Gasteiger partial charge is 0.351 e. The first-order chi connectivity index (χ1) is 5.77. The fraction of sp³-hybridized carbons (Fsp3) is 0.250. The Balaban J connectivity index is 2.27. The number of amides is 2. The molecule has 0 aliphatic carbocycles. The highest BCUT2D eigenvalue weighted by molar-refractivity contribution is 5.72. The second kappa shape index (κ2) is 2.48. The van der Waals surface area contributed by atoms with Gasteiger partial charge in [0.05, 0.1) is 0 Å². The summed E-state index contributed by atoms with van der Waals surface area (Å²) in [7, 11) is 0. The number of carbonyl (C=O) groups is 1. The Morgan fingerprint density at radius 2 is 2.25 bits per heavy atom. The zero-order valence-corrected chi connectivity index (χ0v) is 6.53. The highest BCUT2D eigenvalue weighted by Crippen LogP contribution is 2.20. The molecule has 0 atom stereocenters. The summed E-state index contributed by atoms with van der Waals surface area (Å²) in [5.74, 6) is 0. The zero-order valence-electron chi connectivity index (χ0n) is 6.53. The molecule has 1 aliphatic heterocycles. The lowest BCUT2D eigenvalue weighted by atomic mass is 10.2. The van der Waals surface area contributed by atoms with E-state index in [4.69, 9.17) is 5.73 Å². The first kappa shape index (κ1) is 7.09. The summed E-state index contributed by atoms with van der Waals surface area (Å²) < 4.78 is 0. The third-order valence-electron chi connectivity index (χ3n) is 2.04. The van der Waals surface area contributed by atoms with Crippen molar-refractivity contribution >= 4 is 6.03 Å². The van der Waals surface area contributed by atoms with Gasteiger partial charge in [0.15, 0.2) is 0 Å². The summed E-state index contributed by atoms with van der Waals surface area (Å²) >= 11 is 0. The molecule has 0 bridgehead atoms. The molecule has 0 saturated heterocycles. The van der Waals surface area contributed by atoms with E-state index in [0.29, 0.717) is 13.1 Å². The van der Waals surface area contributed by atoms with Crippen molar-refractivity contribution in [3.63, 3.8) is 0 Å². The third kappa shape index (κ3) is 1.01. The summed E-state index contributed by atoms with van der Waals surface area (Å²) in [6.07, 6.45) is 3.50. The number of urea groups is 1. The van der Waals surface area contributed by atoms with Crippen LogP contribution in [0.3, 0.4) is 0 Å². The Hall–Kier alpha value is -1.58. The number of primary amides is 1. The summed E-state index contributed by atoms with van der Waals surface area (Å²) in [5, 5.41) is 0. The van der Waals surface area contributed by atoms with E-state index in [2.05, 4.69) is 4.98 Å². The van der Waals surface area contributed by atoms with Gasteiger partial charge in [-0.25, -0.2) is 4.79 Å². The molecule has 2 rings (SSSR count). The number of fused-ring (bicyclic) bond motifs is 1. The molecule has 2 amide bonds. The second-order valence-electron chi connectivity index (χ2n) is 2.84. The molecule has 0 saturated carbocycles. The number of nitrogens with zero attached hydrogens (tertiary/aromatic N) is 2. The number of aromatic nitrogens is 1. The van der Waals surface area contributed by atoms with E-state index in [9.17, 15) is 4.79 Å². The zero-order chi connectivity index (χ0) is 8.55. The Labute approximate surface area is 70.0 Å². The van der Waals surface area contributed by atoms with Crippen LogP contribution in [-0.2, 0) is 13.1 Å². The van der Waals surface area contributed by atoms with E-state index in [1.807, 2.05) is 6.07 Å². The van der Waals surface area contributed by atoms with Gasteiger partial charge in [0.1, 0.15) is 0 Å². The first-order valence-electron chi connectivity index (χ1n) is 3.73. The van der Waals surface area contributed by atoms with Crippen LogP contribution in [0.15, 0.2) is 18.5 Å². The van der Waals surface area contributed by atoms with Crippen molar-refractivity contribution in [2.45, 2.75) is 13.1 Å². The van der Waals surface area contributed by atoms with E-state index in [1.165, 1.54) is 0 Å². The maximum absolute atomic E-state index is 10.8. The number of nitrogens with two attached hydrogens (primary N) is 1. The summed E-state index contributed by atoms with van der Waals surface area (Å²) in [4.78, 5) is 16.4. The maximum Gasteiger partial charge on any atom is 0.315 e. The van der Waals surface area contributed by atoms with Crippen LogP contribution in [0.5, 0.6) is 0 Å². The van der Waals surface area contributed by atoms with Crippen LogP contribution < -0.4 is 5.73 Å². The third-order valence-corrected chi connectivity index (χ3v) is 2.04. The molecule has 0 fully saturated rings. The fourth-order valence-electron chi connectivity index (χ4n) is 1.38. The number of rotatable bonds is 0. The summed E-state index contributed by atoms with van der Waals surface area (Å²) in [6, 6.07) is 1.55. The van der Waals surface area contributed by atoms with Gasteiger partial charge in [-0.15, -0.1) is 0 Å². The van der Waals surface area contributed by atoms with Gasteiger partial charge < -0.3 is 10.6 Å². The van der Waals surface area contributed by atoms with Gasteiger partial charge in [-0.05, 0) is 17.2 Å². The summed E-state index contributed by atoms with van der Waals surface area (Å²) in [5.41, 5.74) is 7.38. The average molecular weight is 163 g/mol. The SMILES string of the molecule is NC(=O)N1Cc2ccncc2C1. The predicted molar refractivity (Wildman–Crippen MR) is 43.1 cm³/mol. The van der Waals surface area contributed by atoms with Crippen LogP contribution in [0.2, 0.25) is 0 Å². The minimum Gasteiger partial charge on any atom is -0.351 e. The Morgan fingerprint density at radius 1 is 1.50 bits per heavy atom. The molecule has 0 radical (unpaired) electrons. The second-order valence-corrected chi connectivity index (χ2v) is 2.84. The molecular weight excluding hydrogens is 154 g/mol. The Kier molecular flexibility index (Phi) is 1.46. The van der Waals surface area contributed by atoms with E-state index < -0.39 is 0 Å². The quantitative estimate of drug-likeness (QED) is 0.604. The monoisotopic (exact) mass is 163 g/mol. The van der Waals surface area contributed by atoms with Crippen LogP contribution in [0.25, 0.3) is 0 Å². The molecular formula is C8H9N3O. The molecule has 1 aliphatic rings. The Bertz CT molecular complexity index is 299. The normalized spacial score (nSPS) is 14.5. The smallest absolute Gasteiger partial charge is 0.315 e. The highest BCUT2D eigenvalue weighted by Gasteiger charge is 2.20. The summed E-state index contributed by atoms with van der Waals surface area (Å²) in [6.45, 7) is 1.21. The van der Waals surface area contributed by atoms with Crippen molar-refractivity contribution in [1.29, 1.82) is 0 Å². The maximum atomic E-state index is 10.8. The van der Waals surface area contributed by atoms with E-state index >= 15 is 0 Å². The van der Waals surface area contributed by atoms with Crippen molar-refractivity contribution < 1.29 is 4.79 Å². The van der Waals surface area contributed by atoms with Gasteiger partial charge in [-0.1, -0.05) is 0 Å². The van der Waals surface area contributed by atoms with Crippen molar-refractivity contribution in [3.8, 4) is 0 Å². The van der Waals surface area contributed by atoms with E-state index in [-0.39, 0.29) is 6.03 Å². The van der Waals surface area contributed by atoms with Gasteiger partial charge in [0.25, 0.3) is 0 Å². The topological polar surface area (TPSA) is 59.2 Å². The van der Waals surface area contributed by atoms with Crippen LogP contribution in [0, 0.1) is 0 Å². The minimum absolute atomic E-state index is 0.369. The molecule has 4 heteroatoms. The Morgan fingerprint density at radius 3 is 2.92 bits per heavy atom. The van der Waals surface area contributed by atoms with Gasteiger partial charge in [0, 0.05) is 25.5 Å². The first-order valence-corrected chi connectivity index (χ1v) is 3.73. The number of carbonyl (C=O) groups excluding carboxylic acids is 1. The molecule has 1 aromatic heterocycles. The van der Waals surface area contributed by atoms with Gasteiger partial charge in [-0.2, -0.15) is 0 Å². The molecule has 2 N–H and O–H groups in total. The van der Waals surface area contributed by atoms with Crippen molar-refractivity contribution in [2.75, 3.05) is 0 Å². The molecule has 0 unspecified atom stereocenters. The van der Waals surface area contributed by atoms with Crippen molar-refractivity contribution in [2.24, 2.45) is 5.73 Å². The molecule has 4 nitrogen and oxygen atoms in total. The highest BCUT2D eigenvalue weighted by atomic mass is 16.2. The lowest BCUT2D eigenvalue weighted by molar-refractivity contribution is 0.208. The number of pyridine rings is 1. The number of hydrogen-bond acceptors (Lipinski definition) is 2. The van der Waals surface area contributed by atoms with Crippen LogP contribution in [0.4, 0.5) is 4.79 Å². The van der Waals surface area contributed by atoms with E-state index in [0.717, 1.165) is 11.1 Å². The molecule has 1 aromatic rings. The lowest BCUT2D eigenvalue weighted by Crippen LogP contribution is -2.30. The standard InChI is InChI=1S/C8H9N3O/c9-8(12)11-4-6-1-2-10-3-7(6)5-11/h1-3H,4-5H2,(H2,9,12). The molecule has 2 heterocycles.